The van der Waals surface area contributed by atoms with Crippen LogP contribution in [0.2, 0.25) is 0 Å². The van der Waals surface area contributed by atoms with E-state index in [0.29, 0.717) is 25.7 Å². The molecule has 0 aromatic rings. The Morgan fingerprint density at radius 1 is 0.265 bits per heavy atom. The van der Waals surface area contributed by atoms with Gasteiger partial charge in [0.25, 0.3) is 0 Å². The van der Waals surface area contributed by atoms with Crippen molar-refractivity contribution in [2.24, 2.45) is 5.92 Å². The van der Waals surface area contributed by atoms with Crippen LogP contribution in [-0.2, 0) is 65.4 Å². The van der Waals surface area contributed by atoms with Gasteiger partial charge in [-0.3, -0.25) is 37.3 Å². The normalized spacial score (nSPS) is 13.8. The lowest BCUT2D eigenvalue weighted by Crippen LogP contribution is -2.30. The van der Waals surface area contributed by atoms with Crippen LogP contribution in [0.1, 0.15) is 446 Å². The quantitative estimate of drug-likeness (QED) is 0.0222. The van der Waals surface area contributed by atoms with E-state index in [1.165, 1.54) is 270 Å². The number of carbonyl (C=O) groups excluding carboxylic acids is 4. The first kappa shape index (κ1) is 100. The maximum absolute atomic E-state index is 13.1. The fraction of sp³-hybridized carbons (Fsp3) is 0.952. The molecular weight excluding hydrogens is 1330 g/mol. The number of rotatable bonds is 83. The van der Waals surface area contributed by atoms with E-state index in [0.717, 1.165) is 95.8 Å². The van der Waals surface area contributed by atoms with E-state index in [1.54, 1.807) is 0 Å². The number of unbranched alkanes of at least 4 members (excludes halogenated alkanes) is 55. The average Bonchev–Trinajstić information content (AvgIpc) is 0.911. The van der Waals surface area contributed by atoms with Crippen LogP contribution in [0.4, 0.5) is 0 Å². The molecule has 0 rings (SSSR count). The second-order valence-corrected chi connectivity index (χ2v) is 33.3. The van der Waals surface area contributed by atoms with Crippen molar-refractivity contribution in [3.05, 3.63) is 0 Å². The number of aliphatic hydroxyl groups excluding tert-OH is 1. The highest BCUT2D eigenvalue weighted by Gasteiger charge is 2.30. The van der Waals surface area contributed by atoms with Crippen molar-refractivity contribution >= 4 is 39.5 Å². The van der Waals surface area contributed by atoms with Gasteiger partial charge in [0.15, 0.2) is 12.2 Å². The summed E-state index contributed by atoms with van der Waals surface area (Å²) in [4.78, 5) is 73.1. The number of phosphoric ester groups is 2. The molecule has 606 valence electrons. The Morgan fingerprint density at radius 3 is 0.667 bits per heavy atom. The Labute approximate surface area is 626 Å². The van der Waals surface area contributed by atoms with Gasteiger partial charge in [-0.1, -0.05) is 394 Å². The van der Waals surface area contributed by atoms with Gasteiger partial charge in [-0.2, -0.15) is 0 Å². The summed E-state index contributed by atoms with van der Waals surface area (Å²) in [7, 11) is -9.92. The fourth-order valence-corrected chi connectivity index (χ4v) is 14.5. The highest BCUT2D eigenvalue weighted by molar-refractivity contribution is 7.47. The zero-order valence-corrected chi connectivity index (χ0v) is 68.5. The standard InChI is InChI=1S/C83H162O17P2/c1-6-9-12-15-18-21-24-26-28-30-32-37-42-47-52-57-62-67-81(86)94-73-79(100-83(88)69-64-59-54-49-44-39-35-34-36-41-45-50-55-60-65-76(4)5)75-98-102(91,92)96-71-77(84)70-95-101(89,90)97-74-78(72-93-80(85)66-61-56-51-46-40-23-20-17-14-11-8-3)99-82(87)68-63-58-53-48-43-38-33-31-29-27-25-22-19-16-13-10-7-2/h76-79,84H,6-75H2,1-5H3,(H,89,90)(H,91,92)/t77-,78+,79+/m0/s1. The smallest absolute Gasteiger partial charge is 0.462 e. The van der Waals surface area contributed by atoms with Gasteiger partial charge in [-0.05, 0) is 31.6 Å². The maximum atomic E-state index is 13.1. The molecule has 3 N–H and O–H groups in total. The number of hydrogen-bond donors (Lipinski definition) is 3. The Kier molecular flexibility index (Phi) is 74.4. The number of aliphatic hydroxyl groups is 1. The molecule has 0 aliphatic carbocycles. The SMILES string of the molecule is CCCCCCCCCCCCCCCCCCCC(=O)OC[C@H](COP(=O)(O)OC[C@@H](O)COP(=O)(O)OC[C@@H](COC(=O)CCCCCCCCCCCCC)OC(=O)CCCCCCCCCCCCCCCCCCC)OC(=O)CCCCCCCCCCCCCCCCC(C)C. The molecule has 2 unspecified atom stereocenters. The molecule has 0 aliphatic heterocycles. The second kappa shape index (κ2) is 75.9. The molecule has 5 atom stereocenters. The van der Waals surface area contributed by atoms with Crippen LogP contribution in [-0.4, -0.2) is 96.7 Å². The molecular formula is C83H162O17P2. The van der Waals surface area contributed by atoms with E-state index >= 15 is 0 Å². The first-order valence-corrected chi connectivity index (χ1v) is 46.1. The van der Waals surface area contributed by atoms with E-state index in [1.807, 2.05) is 0 Å². The van der Waals surface area contributed by atoms with Gasteiger partial charge in [0.05, 0.1) is 26.4 Å². The largest absolute Gasteiger partial charge is 0.472 e. The third kappa shape index (κ3) is 76.3. The molecule has 0 amide bonds. The molecule has 0 aromatic heterocycles. The molecule has 0 saturated carbocycles. The lowest BCUT2D eigenvalue weighted by atomic mass is 10.0. The molecule has 0 heterocycles. The Bertz CT molecular complexity index is 1940. The van der Waals surface area contributed by atoms with Gasteiger partial charge in [0.2, 0.25) is 0 Å². The summed E-state index contributed by atoms with van der Waals surface area (Å²) in [6, 6.07) is 0. The lowest BCUT2D eigenvalue weighted by Gasteiger charge is -2.21. The van der Waals surface area contributed by atoms with E-state index < -0.39 is 97.5 Å². The minimum Gasteiger partial charge on any atom is -0.462 e. The molecule has 0 bridgehead atoms. The monoisotopic (exact) mass is 1490 g/mol. The van der Waals surface area contributed by atoms with Gasteiger partial charge in [0, 0.05) is 25.7 Å². The number of esters is 4. The Balaban J connectivity index is 5.25. The van der Waals surface area contributed by atoms with Crippen molar-refractivity contribution in [1.29, 1.82) is 0 Å². The summed E-state index contributed by atoms with van der Waals surface area (Å²) < 4.78 is 68.8. The number of carbonyl (C=O) groups is 4. The first-order valence-electron chi connectivity index (χ1n) is 43.1. The molecule has 0 aromatic carbocycles. The Hall–Kier alpha value is -1.94. The van der Waals surface area contributed by atoms with Gasteiger partial charge in [0.1, 0.15) is 19.3 Å². The predicted octanol–water partition coefficient (Wildman–Crippen LogP) is 25.2. The minimum absolute atomic E-state index is 0.109. The summed E-state index contributed by atoms with van der Waals surface area (Å²) in [5, 5.41) is 10.7. The van der Waals surface area contributed by atoms with Crippen LogP contribution in [0.25, 0.3) is 0 Å². The fourth-order valence-electron chi connectivity index (χ4n) is 12.9. The van der Waals surface area contributed by atoms with E-state index in [4.69, 9.17) is 37.0 Å². The van der Waals surface area contributed by atoms with Crippen molar-refractivity contribution in [2.75, 3.05) is 39.6 Å². The molecule has 102 heavy (non-hydrogen) atoms. The van der Waals surface area contributed by atoms with Crippen LogP contribution >= 0.6 is 15.6 Å². The Morgan fingerprint density at radius 2 is 0.451 bits per heavy atom. The summed E-state index contributed by atoms with van der Waals surface area (Å²) in [6.07, 6.45) is 67.9. The molecule has 0 spiro atoms. The highest BCUT2D eigenvalue weighted by Crippen LogP contribution is 2.45. The van der Waals surface area contributed by atoms with Crippen LogP contribution in [0.5, 0.6) is 0 Å². The highest BCUT2D eigenvalue weighted by atomic mass is 31.2. The molecule has 0 fully saturated rings. The molecule has 0 saturated heterocycles. The first-order chi connectivity index (χ1) is 49.5. The van der Waals surface area contributed by atoms with Crippen molar-refractivity contribution in [1.82, 2.24) is 0 Å². The van der Waals surface area contributed by atoms with Crippen LogP contribution in [0, 0.1) is 5.92 Å². The van der Waals surface area contributed by atoms with Crippen molar-refractivity contribution < 1.29 is 80.2 Å². The zero-order valence-electron chi connectivity index (χ0n) is 66.8. The van der Waals surface area contributed by atoms with Crippen molar-refractivity contribution in [3.63, 3.8) is 0 Å². The molecule has 0 radical (unpaired) electrons. The van der Waals surface area contributed by atoms with Crippen molar-refractivity contribution in [3.8, 4) is 0 Å². The van der Waals surface area contributed by atoms with Gasteiger partial charge >= 0.3 is 39.5 Å². The summed E-state index contributed by atoms with van der Waals surface area (Å²) in [5.41, 5.74) is 0. The number of ether oxygens (including phenoxy) is 4. The van der Waals surface area contributed by atoms with Crippen molar-refractivity contribution in [2.45, 2.75) is 464 Å². The third-order valence-corrected chi connectivity index (χ3v) is 21.4. The maximum Gasteiger partial charge on any atom is 0.472 e. The van der Waals surface area contributed by atoms with Crippen LogP contribution in [0.15, 0.2) is 0 Å². The summed E-state index contributed by atoms with van der Waals surface area (Å²) in [6.45, 7) is 7.37. The average molecular weight is 1490 g/mol. The van der Waals surface area contributed by atoms with E-state index in [-0.39, 0.29) is 25.7 Å². The lowest BCUT2D eigenvalue weighted by molar-refractivity contribution is -0.161. The van der Waals surface area contributed by atoms with Crippen LogP contribution < -0.4 is 0 Å². The van der Waals surface area contributed by atoms with E-state index in [9.17, 15) is 43.2 Å². The van der Waals surface area contributed by atoms with E-state index in [2.05, 4.69) is 34.6 Å². The molecule has 17 nitrogen and oxygen atoms in total. The second-order valence-electron chi connectivity index (χ2n) is 30.3. The third-order valence-electron chi connectivity index (χ3n) is 19.5. The molecule has 0 aliphatic rings. The zero-order chi connectivity index (χ0) is 74.8. The molecule has 19 heteroatoms. The van der Waals surface area contributed by atoms with Gasteiger partial charge in [-0.25, -0.2) is 9.13 Å². The van der Waals surface area contributed by atoms with Gasteiger partial charge in [-0.15, -0.1) is 0 Å². The minimum atomic E-state index is -4.96. The van der Waals surface area contributed by atoms with Gasteiger partial charge < -0.3 is 33.8 Å². The topological polar surface area (TPSA) is 237 Å². The number of phosphoric acid groups is 2. The number of hydrogen-bond acceptors (Lipinski definition) is 15. The predicted molar refractivity (Wildman–Crippen MR) is 418 cm³/mol. The summed E-state index contributed by atoms with van der Waals surface area (Å²) >= 11 is 0. The summed E-state index contributed by atoms with van der Waals surface area (Å²) in [5.74, 6) is -1.31. The van der Waals surface area contributed by atoms with Crippen LogP contribution in [0.3, 0.4) is 0 Å².